The molecule has 0 bridgehead atoms. The first-order valence-corrected chi connectivity index (χ1v) is 11.5. The van der Waals surface area contributed by atoms with Crippen LogP contribution in [0.1, 0.15) is 37.7 Å². The maximum atomic E-state index is 13.3. The second-order valence-corrected chi connectivity index (χ2v) is 8.85. The Labute approximate surface area is 201 Å². The molecule has 6 N–H and O–H groups in total. The van der Waals surface area contributed by atoms with E-state index in [1.54, 1.807) is 12.1 Å². The van der Waals surface area contributed by atoms with Gasteiger partial charge >= 0.3 is 11.9 Å². The van der Waals surface area contributed by atoms with Gasteiger partial charge in [0.1, 0.15) is 23.9 Å². The van der Waals surface area contributed by atoms with Crippen LogP contribution in [0.4, 0.5) is 0 Å². The van der Waals surface area contributed by atoms with Gasteiger partial charge < -0.3 is 36.2 Å². The van der Waals surface area contributed by atoms with Gasteiger partial charge in [0, 0.05) is 13.1 Å². The van der Waals surface area contributed by atoms with Crippen molar-refractivity contribution in [2.45, 2.75) is 62.7 Å². The van der Waals surface area contributed by atoms with Gasteiger partial charge in [-0.1, -0.05) is 12.1 Å². The van der Waals surface area contributed by atoms with Gasteiger partial charge in [0.15, 0.2) is 0 Å². The molecule has 2 aliphatic heterocycles. The Balaban J connectivity index is 1.70. The Morgan fingerprint density at radius 2 is 1.57 bits per heavy atom. The molecule has 0 spiro atoms. The zero-order valence-electron chi connectivity index (χ0n) is 19.1. The van der Waals surface area contributed by atoms with Gasteiger partial charge in [0.25, 0.3) is 0 Å². The molecule has 35 heavy (non-hydrogen) atoms. The highest BCUT2D eigenvalue weighted by Gasteiger charge is 2.43. The fourth-order valence-electron chi connectivity index (χ4n) is 4.60. The normalized spacial score (nSPS) is 21.4. The van der Waals surface area contributed by atoms with E-state index in [0.717, 1.165) is 0 Å². The summed E-state index contributed by atoms with van der Waals surface area (Å²) >= 11 is 0. The number of carboxylic acids is 2. The second kappa shape index (κ2) is 11.2. The molecule has 0 aliphatic carbocycles. The first kappa shape index (κ1) is 25.9. The maximum absolute atomic E-state index is 13.3. The zero-order valence-corrected chi connectivity index (χ0v) is 19.1. The van der Waals surface area contributed by atoms with Crippen LogP contribution < -0.4 is 11.1 Å². The number of carbonyl (C=O) groups excluding carboxylic acids is 3. The van der Waals surface area contributed by atoms with Gasteiger partial charge in [0.05, 0.1) is 12.5 Å². The smallest absolute Gasteiger partial charge is 0.326 e. The molecule has 2 fully saturated rings. The Morgan fingerprint density at radius 3 is 2.17 bits per heavy atom. The van der Waals surface area contributed by atoms with Crippen molar-refractivity contribution in [1.82, 2.24) is 15.1 Å². The molecule has 0 radical (unpaired) electrons. The van der Waals surface area contributed by atoms with Crippen LogP contribution in [-0.4, -0.2) is 92.0 Å². The van der Waals surface area contributed by atoms with E-state index in [-0.39, 0.29) is 25.3 Å². The van der Waals surface area contributed by atoms with E-state index in [1.165, 1.54) is 21.9 Å². The lowest BCUT2D eigenvalue weighted by Crippen LogP contribution is -2.57. The topological polar surface area (TPSA) is 191 Å². The Kier molecular flexibility index (Phi) is 8.28. The summed E-state index contributed by atoms with van der Waals surface area (Å²) in [6.07, 6.45) is 1.08. The molecule has 0 saturated carbocycles. The Morgan fingerprint density at radius 1 is 0.971 bits per heavy atom. The summed E-state index contributed by atoms with van der Waals surface area (Å²) in [5, 5.41) is 30.5. The molecule has 0 aromatic heterocycles. The van der Waals surface area contributed by atoms with Crippen molar-refractivity contribution in [2.75, 3.05) is 13.1 Å². The third-order valence-electron chi connectivity index (χ3n) is 6.36. The summed E-state index contributed by atoms with van der Waals surface area (Å²) in [5.74, 6) is -4.30. The number of phenols is 1. The first-order valence-electron chi connectivity index (χ1n) is 11.5. The van der Waals surface area contributed by atoms with Gasteiger partial charge in [-0.25, -0.2) is 4.79 Å². The average Bonchev–Trinajstić information content (AvgIpc) is 3.49. The number of likely N-dealkylation sites (tertiary alicyclic amines) is 2. The molecule has 190 valence electrons. The third-order valence-corrected chi connectivity index (χ3v) is 6.36. The maximum Gasteiger partial charge on any atom is 0.326 e. The summed E-state index contributed by atoms with van der Waals surface area (Å²) < 4.78 is 0. The minimum absolute atomic E-state index is 0.0530. The largest absolute Gasteiger partial charge is 0.508 e. The molecule has 3 amide bonds. The van der Waals surface area contributed by atoms with Crippen LogP contribution in [0.3, 0.4) is 0 Å². The number of hydrogen-bond acceptors (Lipinski definition) is 7. The number of benzene rings is 1. The van der Waals surface area contributed by atoms with Crippen molar-refractivity contribution >= 4 is 29.7 Å². The molecule has 2 aliphatic rings. The molecule has 4 atom stereocenters. The number of amides is 3. The fraction of sp³-hybridized carbons (Fsp3) is 0.522. The molecule has 3 rings (SSSR count). The second-order valence-electron chi connectivity index (χ2n) is 8.85. The summed E-state index contributed by atoms with van der Waals surface area (Å²) in [5.41, 5.74) is 6.62. The fourth-order valence-corrected chi connectivity index (χ4v) is 4.60. The number of rotatable bonds is 9. The monoisotopic (exact) mass is 490 g/mol. The minimum atomic E-state index is -1.44. The van der Waals surface area contributed by atoms with E-state index < -0.39 is 60.2 Å². The van der Waals surface area contributed by atoms with Gasteiger partial charge in [-0.3, -0.25) is 19.2 Å². The number of carboxylic acid groups (broad SMARTS) is 2. The highest BCUT2D eigenvalue weighted by Crippen LogP contribution is 2.26. The van der Waals surface area contributed by atoms with Crippen molar-refractivity contribution < 1.29 is 39.3 Å². The van der Waals surface area contributed by atoms with Crippen LogP contribution in [-0.2, 0) is 30.4 Å². The lowest BCUT2D eigenvalue weighted by atomic mass is 10.0. The SMILES string of the molecule is NC(Cc1ccc(O)cc1)C(=O)NC(CC(=O)O)C(=O)N1CCCC1C(=O)N1CCCC1C(=O)O. The van der Waals surface area contributed by atoms with E-state index in [9.17, 15) is 39.3 Å². The van der Waals surface area contributed by atoms with Crippen LogP contribution in [0.15, 0.2) is 24.3 Å². The summed E-state index contributed by atoms with van der Waals surface area (Å²) in [7, 11) is 0. The van der Waals surface area contributed by atoms with E-state index in [4.69, 9.17) is 5.73 Å². The number of nitrogens with two attached hydrogens (primary N) is 1. The van der Waals surface area contributed by atoms with Crippen molar-refractivity contribution in [3.63, 3.8) is 0 Å². The van der Waals surface area contributed by atoms with E-state index in [2.05, 4.69) is 5.32 Å². The van der Waals surface area contributed by atoms with Crippen molar-refractivity contribution in [3.8, 4) is 5.75 Å². The van der Waals surface area contributed by atoms with Crippen LogP contribution in [0.2, 0.25) is 0 Å². The molecule has 1 aromatic rings. The zero-order chi connectivity index (χ0) is 25.7. The lowest BCUT2D eigenvalue weighted by Gasteiger charge is -2.32. The number of phenolic OH excluding ortho intramolecular Hbond substituents is 1. The van der Waals surface area contributed by atoms with E-state index >= 15 is 0 Å². The van der Waals surface area contributed by atoms with E-state index in [1.807, 2.05) is 0 Å². The van der Waals surface area contributed by atoms with Gasteiger partial charge in [-0.15, -0.1) is 0 Å². The molecule has 12 heteroatoms. The summed E-state index contributed by atoms with van der Waals surface area (Å²) in [6, 6.07) is 1.67. The van der Waals surface area contributed by atoms with Crippen LogP contribution in [0.5, 0.6) is 5.75 Å². The number of hydrogen-bond donors (Lipinski definition) is 5. The number of nitrogens with one attached hydrogen (secondary N) is 1. The van der Waals surface area contributed by atoms with Crippen LogP contribution in [0, 0.1) is 0 Å². The Hall–Kier alpha value is -3.67. The number of nitrogens with zero attached hydrogens (tertiary/aromatic N) is 2. The molecule has 4 unspecified atom stereocenters. The molecular formula is C23H30N4O8. The van der Waals surface area contributed by atoms with Crippen molar-refractivity contribution in [1.29, 1.82) is 0 Å². The molecular weight excluding hydrogens is 460 g/mol. The molecule has 12 nitrogen and oxygen atoms in total. The van der Waals surface area contributed by atoms with Crippen LogP contribution >= 0.6 is 0 Å². The highest BCUT2D eigenvalue weighted by atomic mass is 16.4. The number of aromatic hydroxyl groups is 1. The quantitative estimate of drug-likeness (QED) is 0.297. The lowest BCUT2D eigenvalue weighted by molar-refractivity contribution is -0.153. The predicted molar refractivity (Wildman–Crippen MR) is 121 cm³/mol. The summed E-state index contributed by atoms with van der Waals surface area (Å²) in [4.78, 5) is 64.5. The van der Waals surface area contributed by atoms with Gasteiger partial charge in [-0.2, -0.15) is 0 Å². The molecule has 2 saturated heterocycles. The Bertz CT molecular complexity index is 982. The predicted octanol–water partition coefficient (Wildman–Crippen LogP) is -0.712. The third kappa shape index (κ3) is 6.27. The number of carbonyl (C=O) groups is 5. The summed E-state index contributed by atoms with van der Waals surface area (Å²) in [6.45, 7) is 0.460. The van der Waals surface area contributed by atoms with Gasteiger partial charge in [-0.05, 0) is 49.8 Å². The van der Waals surface area contributed by atoms with Crippen molar-refractivity contribution in [3.05, 3.63) is 29.8 Å². The highest BCUT2D eigenvalue weighted by molar-refractivity contribution is 5.96. The molecule has 2 heterocycles. The average molecular weight is 491 g/mol. The van der Waals surface area contributed by atoms with E-state index in [0.29, 0.717) is 31.2 Å². The number of aliphatic carboxylic acids is 2. The standard InChI is InChI=1S/C23H30N4O8/c24-15(11-13-5-7-14(28)8-6-13)20(31)25-16(12-19(29)30)21(32)26-9-1-3-17(26)22(33)27-10-2-4-18(27)23(34)35/h5-8,15-18,28H,1-4,9-12,24H2,(H,25,31)(H,29,30)(H,34,35). The van der Waals surface area contributed by atoms with Gasteiger partial charge in [0.2, 0.25) is 17.7 Å². The van der Waals surface area contributed by atoms with Crippen LogP contribution in [0.25, 0.3) is 0 Å². The minimum Gasteiger partial charge on any atom is -0.508 e. The van der Waals surface area contributed by atoms with Crippen molar-refractivity contribution in [2.24, 2.45) is 5.73 Å². The first-order chi connectivity index (χ1) is 16.6. The molecule has 1 aromatic carbocycles.